The number of nitrogens with two attached hydrogens (primary N) is 1. The summed E-state index contributed by atoms with van der Waals surface area (Å²) < 4.78 is 0. The van der Waals surface area contributed by atoms with Crippen LogP contribution in [0, 0.1) is 0 Å². The first-order valence-corrected chi connectivity index (χ1v) is 5.59. The van der Waals surface area contributed by atoms with Crippen LogP contribution in [-0.4, -0.2) is 4.87 Å². The second-order valence-corrected chi connectivity index (χ2v) is 5.55. The minimum atomic E-state index is -0.0445. The molecule has 1 nitrogen and oxygen atoms in total. The van der Waals surface area contributed by atoms with Crippen LogP contribution in [-0.2, 0) is 0 Å². The highest BCUT2D eigenvalue weighted by atomic mass is 35.5. The molecule has 0 aromatic heterocycles. The first kappa shape index (κ1) is 9.66. The van der Waals surface area contributed by atoms with Gasteiger partial charge in [-0.1, -0.05) is 23.2 Å². The molecule has 2 N–H and O–H groups in total. The summed E-state index contributed by atoms with van der Waals surface area (Å²) in [6, 6.07) is 5.62. The smallest absolute Gasteiger partial charge is 0.0668 e. The third kappa shape index (κ3) is 2.32. The van der Waals surface area contributed by atoms with Crippen molar-refractivity contribution in [2.24, 2.45) is 5.73 Å². The van der Waals surface area contributed by atoms with E-state index in [0.29, 0.717) is 10.0 Å². The summed E-state index contributed by atoms with van der Waals surface area (Å²) in [5, 5.41) is 1.18. The van der Waals surface area contributed by atoms with Crippen molar-refractivity contribution in [3.05, 3.63) is 28.2 Å². The summed E-state index contributed by atoms with van der Waals surface area (Å²) in [4.78, 5) is 1.05. The van der Waals surface area contributed by atoms with E-state index in [2.05, 4.69) is 0 Å². The molecule has 1 fully saturated rings. The number of benzene rings is 1. The summed E-state index contributed by atoms with van der Waals surface area (Å²) in [6.07, 6.45) is 2.16. The normalized spacial score (nSPS) is 18.7. The topological polar surface area (TPSA) is 26.0 Å². The van der Waals surface area contributed by atoms with E-state index in [9.17, 15) is 0 Å². The van der Waals surface area contributed by atoms with E-state index in [-0.39, 0.29) is 4.87 Å². The van der Waals surface area contributed by atoms with Gasteiger partial charge in [-0.25, -0.2) is 0 Å². The largest absolute Gasteiger partial charge is 0.317 e. The van der Waals surface area contributed by atoms with Gasteiger partial charge in [-0.2, -0.15) is 0 Å². The first-order valence-electron chi connectivity index (χ1n) is 4.02. The zero-order valence-corrected chi connectivity index (χ0v) is 9.22. The van der Waals surface area contributed by atoms with E-state index < -0.39 is 0 Å². The SMILES string of the molecule is NC1(Sc2ccc(Cl)c(Cl)c2)CC1. The summed E-state index contributed by atoms with van der Waals surface area (Å²) in [7, 11) is 0. The molecule has 0 saturated heterocycles. The van der Waals surface area contributed by atoms with Gasteiger partial charge in [-0.05, 0) is 31.0 Å². The average molecular weight is 234 g/mol. The molecule has 1 aliphatic rings. The molecule has 1 saturated carbocycles. The minimum absolute atomic E-state index is 0.0445. The molecule has 4 heteroatoms. The Hall–Kier alpha value is 0.110. The van der Waals surface area contributed by atoms with Gasteiger partial charge in [0, 0.05) is 4.90 Å². The van der Waals surface area contributed by atoms with Gasteiger partial charge in [-0.15, -0.1) is 11.8 Å². The van der Waals surface area contributed by atoms with Gasteiger partial charge in [0.15, 0.2) is 0 Å². The molecule has 0 bridgehead atoms. The Morgan fingerprint density at radius 3 is 2.46 bits per heavy atom. The van der Waals surface area contributed by atoms with Crippen LogP contribution in [0.2, 0.25) is 10.0 Å². The predicted octanol–water partition coefficient (Wildman–Crippen LogP) is 3.53. The second-order valence-electron chi connectivity index (χ2n) is 3.24. The summed E-state index contributed by atoms with van der Waals surface area (Å²) >= 11 is 13.3. The summed E-state index contributed by atoms with van der Waals surface area (Å²) in [6.45, 7) is 0. The molecule has 0 unspecified atom stereocenters. The van der Waals surface area contributed by atoms with Crippen LogP contribution in [0.3, 0.4) is 0 Å². The predicted molar refractivity (Wildman–Crippen MR) is 58.5 cm³/mol. The van der Waals surface area contributed by atoms with Crippen LogP contribution < -0.4 is 5.73 Å². The maximum Gasteiger partial charge on any atom is 0.0668 e. The maximum absolute atomic E-state index is 5.95. The fourth-order valence-corrected chi connectivity index (χ4v) is 2.45. The van der Waals surface area contributed by atoms with Gasteiger partial charge in [0.05, 0.1) is 14.9 Å². The van der Waals surface area contributed by atoms with Gasteiger partial charge >= 0.3 is 0 Å². The molecule has 0 aliphatic heterocycles. The number of hydrogen-bond acceptors (Lipinski definition) is 2. The van der Waals surface area contributed by atoms with E-state index in [0.717, 1.165) is 17.7 Å². The number of hydrogen-bond donors (Lipinski definition) is 1. The molecule has 1 aromatic rings. The lowest BCUT2D eigenvalue weighted by atomic mass is 10.4. The molecule has 0 amide bonds. The average Bonchev–Trinajstić information content (AvgIpc) is 2.76. The molecule has 13 heavy (non-hydrogen) atoms. The van der Waals surface area contributed by atoms with Crippen LogP contribution in [0.5, 0.6) is 0 Å². The van der Waals surface area contributed by atoms with E-state index in [1.54, 1.807) is 17.8 Å². The Kier molecular flexibility index (Phi) is 2.49. The molecule has 0 radical (unpaired) electrons. The van der Waals surface area contributed by atoms with Crippen LogP contribution in [0.15, 0.2) is 23.1 Å². The van der Waals surface area contributed by atoms with E-state index in [1.165, 1.54) is 0 Å². The molecule has 1 aromatic carbocycles. The Labute approximate surface area is 91.6 Å². The minimum Gasteiger partial charge on any atom is -0.317 e. The van der Waals surface area contributed by atoms with Crippen molar-refractivity contribution in [3.63, 3.8) is 0 Å². The second kappa shape index (κ2) is 3.35. The molecule has 70 valence electrons. The van der Waals surface area contributed by atoms with Gasteiger partial charge in [0.1, 0.15) is 0 Å². The maximum atomic E-state index is 5.95. The highest BCUT2D eigenvalue weighted by molar-refractivity contribution is 8.01. The third-order valence-electron chi connectivity index (χ3n) is 1.95. The zero-order chi connectivity index (χ0) is 9.47. The number of thioether (sulfide) groups is 1. The standard InChI is InChI=1S/C9H9Cl2NS/c10-7-2-1-6(5-8(7)11)13-9(12)3-4-9/h1-2,5H,3-4,12H2. The van der Waals surface area contributed by atoms with Crippen LogP contribution in [0.1, 0.15) is 12.8 Å². The number of halogens is 2. The highest BCUT2D eigenvalue weighted by Gasteiger charge is 2.39. The van der Waals surface area contributed by atoms with Crippen molar-refractivity contribution < 1.29 is 0 Å². The van der Waals surface area contributed by atoms with Crippen molar-refractivity contribution in [3.8, 4) is 0 Å². The molecule has 0 spiro atoms. The lowest BCUT2D eigenvalue weighted by Crippen LogP contribution is -2.15. The Bertz CT molecular complexity index is 336. The van der Waals surface area contributed by atoms with E-state index in [1.807, 2.05) is 12.1 Å². The monoisotopic (exact) mass is 233 g/mol. The summed E-state index contributed by atoms with van der Waals surface area (Å²) in [5.74, 6) is 0. The van der Waals surface area contributed by atoms with Gasteiger partial charge < -0.3 is 5.73 Å². The van der Waals surface area contributed by atoms with Crippen molar-refractivity contribution >= 4 is 35.0 Å². The van der Waals surface area contributed by atoms with Crippen molar-refractivity contribution in [1.29, 1.82) is 0 Å². The van der Waals surface area contributed by atoms with Crippen LogP contribution in [0.4, 0.5) is 0 Å². The zero-order valence-electron chi connectivity index (χ0n) is 6.89. The molecule has 0 atom stereocenters. The van der Waals surface area contributed by atoms with Crippen molar-refractivity contribution in [2.45, 2.75) is 22.6 Å². The van der Waals surface area contributed by atoms with Crippen LogP contribution >= 0.6 is 35.0 Å². The molecule has 0 heterocycles. The van der Waals surface area contributed by atoms with Crippen LogP contribution in [0.25, 0.3) is 0 Å². The fraction of sp³-hybridized carbons (Fsp3) is 0.333. The quantitative estimate of drug-likeness (QED) is 0.792. The Balaban J connectivity index is 2.17. The molecule has 1 aliphatic carbocycles. The van der Waals surface area contributed by atoms with Gasteiger partial charge in [-0.3, -0.25) is 0 Å². The van der Waals surface area contributed by atoms with E-state index in [4.69, 9.17) is 28.9 Å². The number of rotatable bonds is 2. The molecule has 2 rings (SSSR count). The van der Waals surface area contributed by atoms with E-state index >= 15 is 0 Å². The lowest BCUT2D eigenvalue weighted by molar-refractivity contribution is 0.981. The van der Waals surface area contributed by atoms with Crippen molar-refractivity contribution in [2.75, 3.05) is 0 Å². The Morgan fingerprint density at radius 2 is 1.92 bits per heavy atom. The summed E-state index contributed by atoms with van der Waals surface area (Å²) in [5.41, 5.74) is 5.95. The van der Waals surface area contributed by atoms with Gasteiger partial charge in [0.25, 0.3) is 0 Å². The fourth-order valence-electron chi connectivity index (χ4n) is 1.00. The first-order chi connectivity index (χ1) is 6.09. The van der Waals surface area contributed by atoms with Gasteiger partial charge in [0.2, 0.25) is 0 Å². The lowest BCUT2D eigenvalue weighted by Gasteiger charge is -2.08. The van der Waals surface area contributed by atoms with Crippen molar-refractivity contribution in [1.82, 2.24) is 0 Å². The third-order valence-corrected chi connectivity index (χ3v) is 4.00. The molecular formula is C9H9Cl2NS. The Morgan fingerprint density at radius 1 is 1.23 bits per heavy atom. The molecular weight excluding hydrogens is 225 g/mol. The highest BCUT2D eigenvalue weighted by Crippen LogP contribution is 2.47.